The van der Waals surface area contributed by atoms with Crippen LogP contribution >= 0.6 is 0 Å². The van der Waals surface area contributed by atoms with Gasteiger partial charge in [-0.2, -0.15) is 0 Å². The molecule has 0 saturated heterocycles. The van der Waals surface area contributed by atoms with E-state index in [4.69, 9.17) is 0 Å². The second-order valence-electron chi connectivity index (χ2n) is 4.16. The van der Waals surface area contributed by atoms with Crippen molar-refractivity contribution < 1.29 is 13.2 Å². The third-order valence-corrected chi connectivity index (χ3v) is 5.72. The van der Waals surface area contributed by atoms with Crippen molar-refractivity contribution in [2.24, 2.45) is 0 Å². The van der Waals surface area contributed by atoms with Crippen LogP contribution in [0.5, 0.6) is 0 Å². The summed E-state index contributed by atoms with van der Waals surface area (Å²) in [7, 11) is 0. The van der Waals surface area contributed by atoms with Crippen LogP contribution in [0.2, 0.25) is 9.36 Å². The minimum atomic E-state index is -4.09. The SMILES string of the molecule is [CH3][In]([CH3])[CH2]c1ccccc1CC(F)(F)F. The molecule has 0 nitrogen and oxygen atoms in total. The molecule has 82 valence electrons. The van der Waals surface area contributed by atoms with Crippen LogP contribution in [0.15, 0.2) is 24.3 Å². The van der Waals surface area contributed by atoms with E-state index < -0.39 is 34.0 Å². The number of alkyl halides is 3. The average Bonchev–Trinajstić information content (AvgIpc) is 2.05. The monoisotopic (exact) mass is 318 g/mol. The molecule has 15 heavy (non-hydrogen) atoms. The van der Waals surface area contributed by atoms with Gasteiger partial charge in [-0.05, 0) is 0 Å². The molecule has 0 aliphatic rings. The van der Waals surface area contributed by atoms with E-state index in [2.05, 4.69) is 9.36 Å². The van der Waals surface area contributed by atoms with Gasteiger partial charge in [0, 0.05) is 0 Å². The number of hydrogen-bond donors (Lipinski definition) is 0. The number of benzene rings is 1. The van der Waals surface area contributed by atoms with E-state index in [0.717, 1.165) is 9.74 Å². The first kappa shape index (κ1) is 12.9. The van der Waals surface area contributed by atoms with Crippen molar-refractivity contribution in [3.05, 3.63) is 35.4 Å². The zero-order chi connectivity index (χ0) is 11.5. The van der Waals surface area contributed by atoms with Gasteiger partial charge in [-0.3, -0.25) is 0 Å². The van der Waals surface area contributed by atoms with E-state index in [0.29, 0.717) is 5.56 Å². The number of hydrogen-bond acceptors (Lipinski definition) is 0. The topological polar surface area (TPSA) is 0 Å². The van der Waals surface area contributed by atoms with Crippen LogP contribution in [-0.4, -0.2) is 27.6 Å². The Morgan fingerprint density at radius 3 is 2.07 bits per heavy atom. The summed E-state index contributed by atoms with van der Waals surface area (Å²) in [5, 5.41) is 0. The summed E-state index contributed by atoms with van der Waals surface area (Å²) in [6, 6.07) is 6.93. The molecular formula is C11H14F3In. The molecule has 0 heterocycles. The standard InChI is InChI=1S/C9H8F3.2CH3.In/c1-7-4-2-3-5-8(7)6-9(10,11)12;;;/h2-5H,1,6H2;2*1H3;. The third kappa shape index (κ3) is 4.96. The van der Waals surface area contributed by atoms with Crippen LogP contribution in [0.4, 0.5) is 13.2 Å². The molecular weight excluding hydrogens is 304 g/mol. The molecule has 0 unspecified atom stereocenters. The van der Waals surface area contributed by atoms with Gasteiger partial charge in [-0.15, -0.1) is 0 Å². The van der Waals surface area contributed by atoms with Gasteiger partial charge in [0.2, 0.25) is 0 Å². The van der Waals surface area contributed by atoms with Gasteiger partial charge in [-0.1, -0.05) is 0 Å². The maximum atomic E-state index is 12.3. The van der Waals surface area contributed by atoms with Crippen LogP contribution in [0.1, 0.15) is 11.1 Å². The second-order valence-corrected chi connectivity index (χ2v) is 13.3. The fraction of sp³-hybridized carbons (Fsp3) is 0.455. The number of rotatable bonds is 3. The summed E-state index contributed by atoms with van der Waals surface area (Å²) < 4.78 is 42.2. The first-order valence-electron chi connectivity index (χ1n) is 5.02. The Kier molecular flexibility index (Phi) is 4.56. The van der Waals surface area contributed by atoms with E-state index in [-0.39, 0.29) is 0 Å². The molecule has 0 aromatic heterocycles. The zero-order valence-electron chi connectivity index (χ0n) is 8.93. The molecule has 0 radical (unpaired) electrons. The molecule has 0 aliphatic heterocycles. The molecule has 0 bridgehead atoms. The molecule has 1 aromatic carbocycles. The van der Waals surface area contributed by atoms with E-state index in [1.807, 2.05) is 12.1 Å². The normalized spacial score (nSPS) is 11.5. The van der Waals surface area contributed by atoms with Gasteiger partial charge in [0.05, 0.1) is 0 Å². The second kappa shape index (κ2) is 5.28. The van der Waals surface area contributed by atoms with E-state index >= 15 is 0 Å². The van der Waals surface area contributed by atoms with Crippen molar-refractivity contribution in [3.8, 4) is 0 Å². The van der Waals surface area contributed by atoms with Crippen molar-refractivity contribution in [1.82, 2.24) is 0 Å². The van der Waals surface area contributed by atoms with Gasteiger partial charge >= 0.3 is 96.1 Å². The molecule has 0 spiro atoms. The third-order valence-electron chi connectivity index (χ3n) is 2.14. The molecule has 0 atom stereocenters. The summed E-state index contributed by atoms with van der Waals surface area (Å²) in [6.45, 7) is 0. The Labute approximate surface area is 96.0 Å². The Hall–Kier alpha value is -0.120. The van der Waals surface area contributed by atoms with Crippen molar-refractivity contribution in [3.63, 3.8) is 0 Å². The first-order valence-corrected chi connectivity index (χ1v) is 13.9. The zero-order valence-corrected chi connectivity index (χ0v) is 12.2. The van der Waals surface area contributed by atoms with Gasteiger partial charge < -0.3 is 0 Å². The van der Waals surface area contributed by atoms with E-state index in [1.165, 1.54) is 0 Å². The molecule has 4 heteroatoms. The summed E-state index contributed by atoms with van der Waals surface area (Å²) >= 11 is -1.49. The summed E-state index contributed by atoms with van der Waals surface area (Å²) in [5.41, 5.74) is 1.36. The molecule has 1 aromatic rings. The average molecular weight is 318 g/mol. The molecule has 0 fully saturated rings. The molecule has 0 N–H and O–H groups in total. The van der Waals surface area contributed by atoms with Crippen LogP contribution < -0.4 is 0 Å². The Morgan fingerprint density at radius 1 is 1.07 bits per heavy atom. The van der Waals surface area contributed by atoms with Crippen molar-refractivity contribution in [1.29, 1.82) is 0 Å². The van der Waals surface area contributed by atoms with Crippen molar-refractivity contribution in [2.75, 3.05) is 0 Å². The molecule has 0 saturated carbocycles. The van der Waals surface area contributed by atoms with Gasteiger partial charge in [0.25, 0.3) is 0 Å². The van der Waals surface area contributed by atoms with Crippen molar-refractivity contribution in [2.45, 2.75) is 26.1 Å². The summed E-state index contributed by atoms with van der Waals surface area (Å²) in [4.78, 5) is 0. The molecule has 0 amide bonds. The Bertz CT molecular complexity index is 318. The molecule has 0 aliphatic carbocycles. The quantitative estimate of drug-likeness (QED) is 0.798. The fourth-order valence-electron chi connectivity index (χ4n) is 1.58. The predicted molar refractivity (Wildman–Crippen MR) is 57.4 cm³/mol. The van der Waals surface area contributed by atoms with Crippen LogP contribution in [-0.2, 0) is 10.6 Å². The predicted octanol–water partition coefficient (Wildman–Crippen LogP) is 3.63. The summed E-state index contributed by atoms with van der Waals surface area (Å²) in [5.74, 6) is 0. The first-order chi connectivity index (χ1) is 6.88. The maximum absolute atomic E-state index is 12.3. The van der Waals surface area contributed by atoms with Crippen LogP contribution in [0, 0.1) is 0 Å². The van der Waals surface area contributed by atoms with E-state index in [9.17, 15) is 13.2 Å². The van der Waals surface area contributed by atoms with Gasteiger partial charge in [-0.25, -0.2) is 0 Å². The van der Waals surface area contributed by atoms with Crippen molar-refractivity contribution >= 4 is 21.4 Å². The van der Waals surface area contributed by atoms with Gasteiger partial charge in [0.15, 0.2) is 0 Å². The van der Waals surface area contributed by atoms with Gasteiger partial charge in [0.1, 0.15) is 0 Å². The van der Waals surface area contributed by atoms with E-state index in [1.54, 1.807) is 12.1 Å². The van der Waals surface area contributed by atoms with Crippen LogP contribution in [0.3, 0.4) is 0 Å². The molecule has 1 rings (SSSR count). The Morgan fingerprint density at radius 2 is 1.60 bits per heavy atom. The summed E-state index contributed by atoms with van der Waals surface area (Å²) in [6.07, 6.45) is -4.88. The minimum absolute atomic E-state index is 0.454. The van der Waals surface area contributed by atoms with Crippen LogP contribution in [0.25, 0.3) is 0 Å². The Balaban J connectivity index is 2.86. The number of halogens is 3. The fourth-order valence-corrected chi connectivity index (χ4v) is 5.23.